The standard InChI is InChI=1S/Al.Mg.Ni.H3Si.5H/h;;;1H3;;;;;/q;+2;;;;;;2*-1. The van der Waals surface area contributed by atoms with Gasteiger partial charge in [0, 0.05) is 16.5 Å². The zero-order chi connectivity index (χ0) is 0. The van der Waals surface area contributed by atoms with Gasteiger partial charge in [0.25, 0.3) is 0 Å². The van der Waals surface area contributed by atoms with Gasteiger partial charge in [-0.1, -0.05) is 0 Å². The van der Waals surface area contributed by atoms with Gasteiger partial charge in [0.05, 0.1) is 0 Å². The van der Waals surface area contributed by atoms with Crippen LogP contribution in [0.15, 0.2) is 0 Å². The van der Waals surface area contributed by atoms with Crippen LogP contribution in [0.2, 0.25) is 0 Å². The molecular formula is H8AlMgNiSi. The predicted molar refractivity (Wildman–Crippen MR) is 27.9 cm³/mol. The van der Waals surface area contributed by atoms with Crippen molar-refractivity contribution in [1.29, 1.82) is 0 Å². The molecule has 0 bridgehead atoms. The van der Waals surface area contributed by atoms with Gasteiger partial charge in [0.2, 0.25) is 0 Å². The molecule has 0 rings (SSSR count). The molecule has 4 heteroatoms. The Morgan fingerprint density at radius 2 is 1.25 bits per heavy atom. The molecule has 0 saturated heterocycles. The first-order chi connectivity index (χ1) is 0. The second-order valence-electron chi connectivity index (χ2n) is 0. The van der Waals surface area contributed by atoms with Gasteiger partial charge in [-0.15, -0.1) is 0 Å². The molecule has 0 amide bonds. The summed E-state index contributed by atoms with van der Waals surface area (Å²) in [7, 11) is 0. The maximum atomic E-state index is 0. The van der Waals surface area contributed by atoms with Crippen LogP contribution in [0.25, 0.3) is 0 Å². The molecule has 1 radical (unpaired) electrons. The average molecular weight is 146 g/mol. The molecule has 0 atom stereocenters. The normalized spacial score (nSPS) is 0. The van der Waals surface area contributed by atoms with Crippen LogP contribution < -0.4 is 0 Å². The van der Waals surface area contributed by atoms with Gasteiger partial charge in [-0.2, -0.15) is 0 Å². The van der Waals surface area contributed by atoms with E-state index < -0.39 is 0 Å². The van der Waals surface area contributed by atoms with E-state index in [4.69, 9.17) is 0 Å². The second-order valence-corrected chi connectivity index (χ2v) is 0. The number of hydrogen-bond donors (Lipinski definition) is 0. The maximum absolute atomic E-state index is 0. The molecule has 0 aromatic rings. The molecule has 0 aromatic heterocycles. The summed E-state index contributed by atoms with van der Waals surface area (Å²) < 4.78 is 0. The monoisotopic (exact) mass is 145 g/mol. The first kappa shape index (κ1) is 37.4. The van der Waals surface area contributed by atoms with Crippen molar-refractivity contribution in [3.8, 4) is 0 Å². The summed E-state index contributed by atoms with van der Waals surface area (Å²) in [6.07, 6.45) is 0. The minimum atomic E-state index is 0. The maximum Gasteiger partial charge on any atom is 2.00 e. The summed E-state index contributed by atoms with van der Waals surface area (Å²) in [5.41, 5.74) is 0. The van der Waals surface area contributed by atoms with Gasteiger partial charge >= 0.3 is 23.1 Å². The Hall–Kier alpha value is 2.01. The SMILES string of the molecule is [AlH3].[H-].[H-].[Mg+2].[Ni].[SiH3]. The van der Waals surface area contributed by atoms with Crippen molar-refractivity contribution in [1.82, 2.24) is 0 Å². The molecule has 0 nitrogen and oxygen atoms in total. The summed E-state index contributed by atoms with van der Waals surface area (Å²) in [5, 5.41) is 0. The Bertz CT molecular complexity index is 13.5. The van der Waals surface area contributed by atoms with Gasteiger partial charge < -0.3 is 2.85 Å². The molecule has 0 aromatic carbocycles. The molecule has 0 fully saturated rings. The van der Waals surface area contributed by atoms with Crippen LogP contribution in [0, 0.1) is 0 Å². The van der Waals surface area contributed by atoms with Crippen molar-refractivity contribution in [2.45, 2.75) is 0 Å². The zero-order valence-corrected chi connectivity index (χ0v) is 6.43. The van der Waals surface area contributed by atoms with Crippen LogP contribution in [-0.2, 0) is 16.5 Å². The van der Waals surface area contributed by atoms with Crippen molar-refractivity contribution in [2.24, 2.45) is 0 Å². The van der Waals surface area contributed by atoms with Crippen LogP contribution in [0.1, 0.15) is 2.85 Å². The first-order valence-corrected chi connectivity index (χ1v) is 0. The van der Waals surface area contributed by atoms with Gasteiger partial charge in [-0.3, -0.25) is 0 Å². The average Bonchev–Trinajstić information content (AvgIpc) is 0. The molecule has 0 N–H and O–H groups in total. The molecule has 27 valence electrons. The number of rotatable bonds is 0. The molecular weight excluding hydrogens is 138 g/mol. The van der Waals surface area contributed by atoms with Crippen molar-refractivity contribution in [3.63, 3.8) is 0 Å². The molecule has 0 spiro atoms. The van der Waals surface area contributed by atoms with Crippen molar-refractivity contribution >= 4 is 51.4 Å². The Kier molecular flexibility index (Phi) is 186. The van der Waals surface area contributed by atoms with Crippen molar-refractivity contribution in [3.05, 3.63) is 0 Å². The van der Waals surface area contributed by atoms with Gasteiger partial charge in [-0.25, -0.2) is 0 Å². The Morgan fingerprint density at radius 1 is 1.25 bits per heavy atom. The van der Waals surface area contributed by atoms with Crippen molar-refractivity contribution in [2.75, 3.05) is 0 Å². The molecule has 0 aliphatic rings. The third-order valence-electron chi connectivity index (χ3n) is 0. The summed E-state index contributed by atoms with van der Waals surface area (Å²) in [4.78, 5) is 0. The molecule has 4 heavy (non-hydrogen) atoms. The largest absolute Gasteiger partial charge is 2.00 e. The molecule has 0 saturated carbocycles. The minimum Gasteiger partial charge on any atom is -1.00 e. The predicted octanol–water partition coefficient (Wildman–Crippen LogP) is -2.53. The first-order valence-electron chi connectivity index (χ1n) is 0. The molecule has 0 heterocycles. The third kappa shape index (κ3) is 8.99. The topological polar surface area (TPSA) is 0 Å². The van der Waals surface area contributed by atoms with Crippen LogP contribution in [0.4, 0.5) is 0 Å². The Morgan fingerprint density at radius 3 is 1.25 bits per heavy atom. The van der Waals surface area contributed by atoms with E-state index in [1.807, 2.05) is 0 Å². The summed E-state index contributed by atoms with van der Waals surface area (Å²) in [5.74, 6) is 0. The van der Waals surface area contributed by atoms with Crippen molar-refractivity contribution < 1.29 is 19.3 Å². The molecule has 0 unspecified atom stereocenters. The van der Waals surface area contributed by atoms with Crippen LogP contribution in [0.3, 0.4) is 0 Å². The van der Waals surface area contributed by atoms with E-state index in [1.54, 1.807) is 0 Å². The molecule has 0 aliphatic heterocycles. The second kappa shape index (κ2) is 19.9. The van der Waals surface area contributed by atoms with Gasteiger partial charge in [0.15, 0.2) is 17.4 Å². The van der Waals surface area contributed by atoms with Gasteiger partial charge in [-0.05, 0) is 11.0 Å². The smallest absolute Gasteiger partial charge is 1.00 e. The minimum absolute atomic E-state index is 0. The van der Waals surface area contributed by atoms with Crippen LogP contribution >= 0.6 is 0 Å². The fourth-order valence-corrected chi connectivity index (χ4v) is 0. The molecule has 0 aliphatic carbocycles. The van der Waals surface area contributed by atoms with E-state index in [0.29, 0.717) is 0 Å². The summed E-state index contributed by atoms with van der Waals surface area (Å²) in [6, 6.07) is 0. The zero-order valence-electron chi connectivity index (χ0n) is 4.02. The Balaban J connectivity index is 0. The van der Waals surface area contributed by atoms with Gasteiger partial charge in [0.1, 0.15) is 0 Å². The summed E-state index contributed by atoms with van der Waals surface area (Å²) in [6.45, 7) is 0. The van der Waals surface area contributed by atoms with Crippen LogP contribution in [-0.4, -0.2) is 51.4 Å². The van der Waals surface area contributed by atoms with E-state index >= 15 is 0 Å². The fourth-order valence-electron chi connectivity index (χ4n) is 0. The van der Waals surface area contributed by atoms with E-state index in [1.165, 1.54) is 0 Å². The fraction of sp³-hybridized carbons (Fsp3) is 0. The summed E-state index contributed by atoms with van der Waals surface area (Å²) >= 11 is 0. The Labute approximate surface area is 70.3 Å². The van der Waals surface area contributed by atoms with E-state index in [9.17, 15) is 0 Å². The van der Waals surface area contributed by atoms with E-state index in [2.05, 4.69) is 0 Å². The number of hydrogen-bond acceptors (Lipinski definition) is 0. The van der Waals surface area contributed by atoms with Crippen LogP contribution in [0.5, 0.6) is 0 Å². The third-order valence-corrected chi connectivity index (χ3v) is 0. The quantitative estimate of drug-likeness (QED) is 0.331. The van der Waals surface area contributed by atoms with E-state index in [0.717, 1.165) is 0 Å². The van der Waals surface area contributed by atoms with E-state index in [-0.39, 0.29) is 70.7 Å².